The van der Waals surface area contributed by atoms with Crippen molar-refractivity contribution >= 4 is 11.6 Å². The zero-order chi connectivity index (χ0) is 24.6. The highest BCUT2D eigenvalue weighted by Gasteiger charge is 2.26. The minimum absolute atomic E-state index is 0.0178. The second kappa shape index (κ2) is 11.8. The van der Waals surface area contributed by atoms with Crippen molar-refractivity contribution in [3.05, 3.63) is 94.5 Å². The normalized spacial score (nSPS) is 17.1. The van der Waals surface area contributed by atoms with Crippen molar-refractivity contribution in [2.45, 2.75) is 57.3 Å². The molecule has 0 heterocycles. The molecule has 3 aromatic rings. The van der Waals surface area contributed by atoms with Gasteiger partial charge in [0.15, 0.2) is 0 Å². The third-order valence-corrected chi connectivity index (χ3v) is 6.97. The quantitative estimate of drug-likeness (QED) is 0.434. The van der Waals surface area contributed by atoms with E-state index in [-0.39, 0.29) is 5.92 Å². The van der Waals surface area contributed by atoms with Crippen LogP contribution in [0.3, 0.4) is 0 Å². The van der Waals surface area contributed by atoms with E-state index in [1.807, 2.05) is 42.5 Å². The highest BCUT2D eigenvalue weighted by Crippen LogP contribution is 2.33. The van der Waals surface area contributed by atoms with Crippen LogP contribution in [-0.2, 0) is 35.3 Å². The van der Waals surface area contributed by atoms with Gasteiger partial charge in [-0.2, -0.15) is 0 Å². The molecule has 4 heteroatoms. The van der Waals surface area contributed by atoms with Crippen LogP contribution in [0.2, 0.25) is 0 Å². The van der Waals surface area contributed by atoms with Crippen LogP contribution in [0, 0.1) is 0 Å². The Labute approximate surface area is 208 Å². The monoisotopic (exact) mass is 470 g/mol. The molecule has 35 heavy (non-hydrogen) atoms. The van der Waals surface area contributed by atoms with E-state index in [1.54, 1.807) is 14.2 Å². The lowest BCUT2D eigenvalue weighted by atomic mass is 9.86. The Hall–Kier alpha value is -3.40. The molecule has 0 aromatic heterocycles. The summed E-state index contributed by atoms with van der Waals surface area (Å²) in [7, 11) is 3.36. The van der Waals surface area contributed by atoms with Gasteiger partial charge >= 0.3 is 0 Å². The van der Waals surface area contributed by atoms with Gasteiger partial charge in [0.1, 0.15) is 23.1 Å². The number of ketones is 2. The van der Waals surface area contributed by atoms with Crippen molar-refractivity contribution in [3.63, 3.8) is 0 Å². The molecule has 0 radical (unpaired) electrons. The van der Waals surface area contributed by atoms with E-state index < -0.39 is 0 Å². The lowest BCUT2D eigenvalue weighted by molar-refractivity contribution is -0.120. The van der Waals surface area contributed by atoms with Crippen LogP contribution in [0.4, 0.5) is 0 Å². The number of hydrogen-bond acceptors (Lipinski definition) is 4. The van der Waals surface area contributed by atoms with Crippen LogP contribution < -0.4 is 9.47 Å². The highest BCUT2D eigenvalue weighted by molar-refractivity contribution is 5.87. The molecule has 5 rings (SSSR count). The number of ether oxygens (including phenoxy) is 2. The van der Waals surface area contributed by atoms with E-state index in [4.69, 9.17) is 9.47 Å². The summed E-state index contributed by atoms with van der Waals surface area (Å²) in [6, 6.07) is 22.4. The van der Waals surface area contributed by atoms with E-state index in [0.29, 0.717) is 24.4 Å². The maximum Gasteiger partial charge on any atom is 0.140 e. The van der Waals surface area contributed by atoms with E-state index in [9.17, 15) is 9.59 Å². The first-order valence-corrected chi connectivity index (χ1v) is 12.5. The Morgan fingerprint density at radius 1 is 0.714 bits per heavy atom. The first-order chi connectivity index (χ1) is 17.1. The van der Waals surface area contributed by atoms with Crippen molar-refractivity contribution in [1.82, 2.24) is 0 Å². The van der Waals surface area contributed by atoms with E-state index >= 15 is 0 Å². The number of methoxy groups -OCH3 is 2. The largest absolute Gasteiger partial charge is 0.497 e. The van der Waals surface area contributed by atoms with Gasteiger partial charge in [0, 0.05) is 25.2 Å². The van der Waals surface area contributed by atoms with Gasteiger partial charge in [0.2, 0.25) is 0 Å². The first-order valence-electron chi connectivity index (χ1n) is 12.5. The molecule has 0 aliphatic heterocycles. The van der Waals surface area contributed by atoms with E-state index in [0.717, 1.165) is 50.0 Å². The molecule has 0 fully saturated rings. The van der Waals surface area contributed by atoms with Gasteiger partial charge < -0.3 is 9.47 Å². The molecule has 4 nitrogen and oxygen atoms in total. The van der Waals surface area contributed by atoms with E-state index in [1.165, 1.54) is 27.8 Å². The van der Waals surface area contributed by atoms with E-state index in [2.05, 4.69) is 24.3 Å². The number of Topliss-reactive ketones (excluding diaryl/α,β-unsaturated/α-hetero) is 2. The number of benzene rings is 3. The zero-order valence-electron chi connectivity index (χ0n) is 20.7. The fourth-order valence-electron chi connectivity index (χ4n) is 5.05. The molecular formula is C31H34O4. The average molecular weight is 471 g/mol. The highest BCUT2D eigenvalue weighted by atomic mass is 16.5. The summed E-state index contributed by atoms with van der Waals surface area (Å²) in [5, 5.41) is 0. The van der Waals surface area contributed by atoms with Crippen molar-refractivity contribution in [1.29, 1.82) is 0 Å². The molecular weight excluding hydrogens is 436 g/mol. The second-order valence-corrected chi connectivity index (χ2v) is 9.33. The third-order valence-electron chi connectivity index (χ3n) is 6.97. The zero-order valence-corrected chi connectivity index (χ0v) is 20.7. The third kappa shape index (κ3) is 6.39. The summed E-state index contributed by atoms with van der Waals surface area (Å²) in [5.74, 6) is 2.46. The van der Waals surface area contributed by atoms with Gasteiger partial charge in [0.25, 0.3) is 0 Å². The summed E-state index contributed by atoms with van der Waals surface area (Å²) in [6.45, 7) is 0. The molecule has 1 unspecified atom stereocenters. The van der Waals surface area contributed by atoms with Crippen LogP contribution in [0.15, 0.2) is 66.7 Å². The van der Waals surface area contributed by atoms with Gasteiger partial charge in [-0.1, -0.05) is 42.5 Å². The minimum atomic E-state index is -0.0178. The van der Waals surface area contributed by atoms with Crippen molar-refractivity contribution < 1.29 is 19.1 Å². The topological polar surface area (TPSA) is 52.6 Å². The number of carbonyl (C=O) groups excluding carboxylic acids is 2. The van der Waals surface area contributed by atoms with Gasteiger partial charge in [-0.3, -0.25) is 9.59 Å². The van der Waals surface area contributed by atoms with Crippen LogP contribution in [-0.4, -0.2) is 25.8 Å². The van der Waals surface area contributed by atoms with Crippen LogP contribution >= 0.6 is 0 Å². The molecule has 182 valence electrons. The smallest absolute Gasteiger partial charge is 0.140 e. The number of fused-ring (bicyclic) bond motifs is 2. The molecule has 0 bridgehead atoms. The second-order valence-electron chi connectivity index (χ2n) is 9.33. The lowest BCUT2D eigenvalue weighted by Crippen LogP contribution is -2.14. The van der Waals surface area contributed by atoms with Crippen LogP contribution in [0.5, 0.6) is 11.5 Å². The number of rotatable bonds is 4. The molecule has 3 aromatic carbocycles. The van der Waals surface area contributed by atoms with Crippen LogP contribution in [0.25, 0.3) is 0 Å². The summed E-state index contributed by atoms with van der Waals surface area (Å²) in [5.41, 5.74) is 6.12. The predicted octanol–water partition coefficient (Wildman–Crippen LogP) is 6.07. The predicted molar refractivity (Wildman–Crippen MR) is 138 cm³/mol. The fraction of sp³-hybridized carbons (Fsp3) is 0.355. The van der Waals surface area contributed by atoms with Gasteiger partial charge in [0.05, 0.1) is 14.2 Å². The maximum atomic E-state index is 12.5. The SMILES string of the molecule is COc1ccc2c(c1)CCCC(=O)C2.COc1ccc2c(c1)CCCC(=O)C2Cc1ccccc1. The van der Waals surface area contributed by atoms with Crippen molar-refractivity contribution in [2.24, 2.45) is 0 Å². The molecule has 2 aliphatic carbocycles. The fourth-order valence-corrected chi connectivity index (χ4v) is 5.05. The Morgan fingerprint density at radius 2 is 1.37 bits per heavy atom. The number of aryl methyl sites for hydroxylation is 2. The summed E-state index contributed by atoms with van der Waals surface area (Å²) in [6.07, 6.45) is 6.65. The van der Waals surface area contributed by atoms with Gasteiger partial charge in [-0.15, -0.1) is 0 Å². The minimum Gasteiger partial charge on any atom is -0.497 e. The van der Waals surface area contributed by atoms with Gasteiger partial charge in [-0.25, -0.2) is 0 Å². The molecule has 0 saturated carbocycles. The molecule has 2 aliphatic rings. The lowest BCUT2D eigenvalue weighted by Gasteiger charge is -2.17. The Morgan fingerprint density at radius 3 is 2.11 bits per heavy atom. The molecule has 0 spiro atoms. The average Bonchev–Trinajstić information content (AvgIpc) is 3.16. The Balaban J connectivity index is 0.000000179. The molecule has 0 saturated heterocycles. The summed E-state index contributed by atoms with van der Waals surface area (Å²) in [4.78, 5) is 23.9. The summed E-state index contributed by atoms with van der Waals surface area (Å²) < 4.78 is 10.5. The maximum absolute atomic E-state index is 12.5. The number of carbonyl (C=O) groups is 2. The van der Waals surface area contributed by atoms with Crippen molar-refractivity contribution in [2.75, 3.05) is 14.2 Å². The van der Waals surface area contributed by atoms with Gasteiger partial charge in [-0.05, 0) is 84.2 Å². The molecule has 1 atom stereocenters. The summed E-state index contributed by atoms with van der Waals surface area (Å²) >= 11 is 0. The van der Waals surface area contributed by atoms with Crippen molar-refractivity contribution in [3.8, 4) is 11.5 Å². The van der Waals surface area contributed by atoms with Crippen LogP contribution in [0.1, 0.15) is 59.4 Å². The Kier molecular flexibility index (Phi) is 8.36. The Bertz CT molecular complexity index is 1170. The first kappa shape index (κ1) is 24.7. The molecule has 0 amide bonds. The standard InChI is InChI=1S/C19H20O2.C12H14O2/c1-21-16-10-11-17-15(13-16)8-5-9-19(20)18(17)12-14-6-3-2-4-7-14;1-14-12-6-5-10-7-11(13)4-2-3-9(10)8-12/h2-4,6-7,10-11,13,18H,5,8-9,12H2,1H3;5-6,8H,2-4,7H2,1H3. The number of hydrogen-bond donors (Lipinski definition) is 0. The molecule has 0 N–H and O–H groups in total.